The Labute approximate surface area is 63.9 Å². The quantitative estimate of drug-likeness (QED) is 0.538. The molecule has 0 atom stereocenters. The molecule has 7 heavy (non-hydrogen) atoms. The fourth-order valence-corrected chi connectivity index (χ4v) is 0. The van der Waals surface area contributed by atoms with Gasteiger partial charge in [0.15, 0.2) is 0 Å². The van der Waals surface area contributed by atoms with Crippen LogP contribution < -0.4 is 12.4 Å². The summed E-state index contributed by atoms with van der Waals surface area (Å²) in [6.45, 7) is 0. The van der Waals surface area contributed by atoms with Crippen molar-refractivity contribution in [2.24, 2.45) is 0 Å². The summed E-state index contributed by atoms with van der Waals surface area (Å²) in [4.78, 5) is 0. The molecular weight excluding hydrogens is 303 g/mol. The van der Waals surface area contributed by atoms with E-state index in [0.717, 1.165) is 0 Å². The van der Waals surface area contributed by atoms with Crippen LogP contribution in [0.4, 0.5) is 0 Å². The van der Waals surface area contributed by atoms with Crippen LogP contribution in [0.2, 0.25) is 0 Å². The van der Waals surface area contributed by atoms with Crippen LogP contribution in [-0.2, 0) is 21.1 Å². The van der Waals surface area contributed by atoms with Crippen LogP contribution in [0.25, 0.3) is 24.6 Å². The molecule has 0 heterocycles. The van der Waals surface area contributed by atoms with Crippen LogP contribution in [0.3, 0.4) is 0 Å². The standard InChI is InChI=1S/ClH.4H2N.H2O.Pt/h1H;5*1H2;/q;4*-1;;/p-1. The van der Waals surface area contributed by atoms with E-state index >= 15 is 0 Å². The molecule has 58 valence electrons. The van der Waals surface area contributed by atoms with E-state index in [0.29, 0.717) is 0 Å². The molecule has 0 unspecified atom stereocenters. The zero-order chi connectivity index (χ0) is 0. The third-order valence-corrected chi connectivity index (χ3v) is 0. The van der Waals surface area contributed by atoms with E-state index in [1.54, 1.807) is 0 Å². The molecule has 5 nitrogen and oxygen atoms in total. The Balaban J connectivity index is 0. The number of hydrogen-bond acceptors (Lipinski definition) is 0. The largest absolute Gasteiger partial charge is 1.00 e. The van der Waals surface area contributed by atoms with Crippen molar-refractivity contribution in [1.82, 2.24) is 0 Å². The van der Waals surface area contributed by atoms with Crippen LogP contribution in [0.15, 0.2) is 0 Å². The van der Waals surface area contributed by atoms with Gasteiger partial charge < -0.3 is 42.5 Å². The smallest absolute Gasteiger partial charge is 0 e. The number of nitrogens with two attached hydrogens (primary N) is 4. The molecule has 0 aliphatic heterocycles. The summed E-state index contributed by atoms with van der Waals surface area (Å²) in [5, 5.41) is 0. The van der Waals surface area contributed by atoms with Crippen LogP contribution in [-0.4, -0.2) is 5.48 Å². The van der Waals surface area contributed by atoms with Crippen molar-refractivity contribution < 1.29 is 38.9 Å². The second-order valence-electron chi connectivity index (χ2n) is 0. The molecule has 0 spiro atoms. The number of halogens is 1. The van der Waals surface area contributed by atoms with E-state index in [1.807, 2.05) is 0 Å². The minimum absolute atomic E-state index is 0. The average Bonchev–Trinajstić information content (AvgIpc) is 0. The van der Waals surface area contributed by atoms with Gasteiger partial charge in [-0.25, -0.2) is 0 Å². The molecule has 7 heteroatoms. The van der Waals surface area contributed by atoms with E-state index in [-0.39, 0.29) is 63.6 Å². The molecule has 0 rings (SSSR count). The van der Waals surface area contributed by atoms with Crippen molar-refractivity contribution in [3.63, 3.8) is 0 Å². The second kappa shape index (κ2) is 374. The van der Waals surface area contributed by atoms with Crippen LogP contribution in [0.5, 0.6) is 0 Å². The maximum Gasteiger partial charge on any atom is 0 e. The molecule has 0 aromatic heterocycles. The molecule has 0 bridgehead atoms. The summed E-state index contributed by atoms with van der Waals surface area (Å²) in [6, 6.07) is 0. The van der Waals surface area contributed by atoms with E-state index in [1.165, 1.54) is 0 Å². The van der Waals surface area contributed by atoms with Gasteiger partial charge in [0, 0.05) is 21.1 Å². The van der Waals surface area contributed by atoms with Crippen LogP contribution in [0, 0.1) is 0 Å². The maximum absolute atomic E-state index is 0. The first-order chi connectivity index (χ1) is 0. The molecule has 0 radical (unpaired) electrons. The van der Waals surface area contributed by atoms with Gasteiger partial charge in [0.2, 0.25) is 0 Å². The van der Waals surface area contributed by atoms with E-state index in [4.69, 9.17) is 0 Å². The van der Waals surface area contributed by atoms with Crippen molar-refractivity contribution >= 4 is 0 Å². The molecule has 0 aromatic rings. The zero-order valence-electron chi connectivity index (χ0n) is 3.50. The van der Waals surface area contributed by atoms with Gasteiger partial charge in [-0.2, -0.15) is 0 Å². The summed E-state index contributed by atoms with van der Waals surface area (Å²) >= 11 is 0. The zero-order valence-corrected chi connectivity index (χ0v) is 6.53. The molecule has 0 aromatic carbocycles. The minimum Gasteiger partial charge on any atom is -1.00 e. The fraction of sp³-hybridized carbons (Fsp3) is 0. The maximum atomic E-state index is 0. The van der Waals surface area contributed by atoms with Crippen LogP contribution >= 0.6 is 0 Å². The Hall–Kier alpha value is 0.778. The Bertz CT molecular complexity index is 11.7. The Kier molecular flexibility index (Phi) is 31500. The van der Waals surface area contributed by atoms with Crippen molar-refractivity contribution in [2.45, 2.75) is 0 Å². The van der Waals surface area contributed by atoms with Crippen LogP contribution in [0.1, 0.15) is 0 Å². The molecule has 0 aliphatic carbocycles. The summed E-state index contributed by atoms with van der Waals surface area (Å²) < 4.78 is 0. The number of hydrogen-bond donors (Lipinski definition) is 0. The average molecular weight is 313 g/mol. The Morgan fingerprint density at radius 3 is 0.571 bits per heavy atom. The van der Waals surface area contributed by atoms with Gasteiger partial charge in [-0.3, -0.25) is 0 Å². The van der Waals surface area contributed by atoms with Crippen molar-refractivity contribution in [2.75, 3.05) is 0 Å². The van der Waals surface area contributed by atoms with E-state index in [9.17, 15) is 0 Å². The third-order valence-electron chi connectivity index (χ3n) is 0. The first-order valence-electron chi connectivity index (χ1n) is 0. The van der Waals surface area contributed by atoms with Crippen molar-refractivity contribution in [1.29, 1.82) is 0 Å². The molecule has 0 aliphatic rings. The fourth-order valence-electron chi connectivity index (χ4n) is 0. The first-order valence-corrected chi connectivity index (χ1v) is 0. The minimum atomic E-state index is 0. The monoisotopic (exact) mass is 312 g/mol. The van der Waals surface area contributed by atoms with Gasteiger partial charge in [0.1, 0.15) is 0 Å². The molecular formula is H10ClN4OPt-5. The first kappa shape index (κ1) is 590. The van der Waals surface area contributed by atoms with E-state index < -0.39 is 0 Å². The summed E-state index contributed by atoms with van der Waals surface area (Å²) in [5.41, 5.74) is 0. The normalized spacial score (nSPS) is 0. The molecule has 10 N–H and O–H groups in total. The molecule has 0 fully saturated rings. The predicted octanol–water partition coefficient (Wildman–Crippen LogP) is -0.955. The second-order valence-corrected chi connectivity index (χ2v) is 0. The van der Waals surface area contributed by atoms with Gasteiger partial charge in [0.25, 0.3) is 0 Å². The van der Waals surface area contributed by atoms with Gasteiger partial charge in [-0.15, -0.1) is 0 Å². The Morgan fingerprint density at radius 2 is 0.571 bits per heavy atom. The molecule has 0 saturated carbocycles. The third kappa shape index (κ3) is 255. The predicted molar refractivity (Wildman–Crippen MR) is 24.8 cm³/mol. The van der Waals surface area contributed by atoms with Gasteiger partial charge in [0.05, 0.1) is 0 Å². The van der Waals surface area contributed by atoms with Gasteiger partial charge >= 0.3 is 0 Å². The van der Waals surface area contributed by atoms with Crippen molar-refractivity contribution in [3.8, 4) is 0 Å². The van der Waals surface area contributed by atoms with Gasteiger partial charge in [-0.1, -0.05) is 0 Å². The summed E-state index contributed by atoms with van der Waals surface area (Å²) in [5.74, 6) is 0. The summed E-state index contributed by atoms with van der Waals surface area (Å²) in [6.07, 6.45) is 0. The molecule has 0 amide bonds. The SMILES string of the molecule is O.[Cl-].[NH2-].[NH2-].[NH2-].[NH2-].[Pt]. The Morgan fingerprint density at radius 1 is 0.571 bits per heavy atom. The van der Waals surface area contributed by atoms with Gasteiger partial charge in [-0.05, 0) is 0 Å². The topological polar surface area (TPSA) is 166 Å². The summed E-state index contributed by atoms with van der Waals surface area (Å²) in [7, 11) is 0. The number of rotatable bonds is 0. The molecule has 0 saturated heterocycles. The van der Waals surface area contributed by atoms with E-state index in [2.05, 4.69) is 0 Å². The van der Waals surface area contributed by atoms with Crippen molar-refractivity contribution in [3.05, 3.63) is 24.6 Å².